The third kappa shape index (κ3) is 4.53. The number of ketones is 1. The lowest BCUT2D eigenvalue weighted by atomic mass is 9.98. The third-order valence-electron chi connectivity index (χ3n) is 6.43. The zero-order chi connectivity index (χ0) is 21.3. The number of rotatable bonds is 8. The first-order valence-electron chi connectivity index (χ1n) is 11.2. The number of Topliss-reactive ketones (excluding diaryl/α,β-unsaturated/α-hetero) is 1. The molecular weight excluding hydrogens is 408 g/mol. The molecule has 0 amide bonds. The summed E-state index contributed by atoms with van der Waals surface area (Å²) in [6.45, 7) is 10.7. The molecule has 3 aromatic rings. The number of hydrogen-bond acceptors (Lipinski definition) is 5. The van der Waals surface area contributed by atoms with Crippen LogP contribution in [0.25, 0.3) is 20.8 Å². The molecule has 3 nitrogen and oxygen atoms in total. The summed E-state index contributed by atoms with van der Waals surface area (Å²) >= 11 is 3.61. The molecule has 30 heavy (non-hydrogen) atoms. The van der Waals surface area contributed by atoms with E-state index in [2.05, 4.69) is 45.1 Å². The van der Waals surface area contributed by atoms with Gasteiger partial charge in [-0.1, -0.05) is 26.7 Å². The minimum absolute atomic E-state index is 0.374. The summed E-state index contributed by atoms with van der Waals surface area (Å²) in [7, 11) is 0. The number of aromatic nitrogens is 1. The lowest BCUT2D eigenvalue weighted by Crippen LogP contribution is -2.22. The first-order chi connectivity index (χ1) is 14.5. The zero-order valence-corrected chi connectivity index (χ0v) is 20.2. The molecule has 4 rings (SSSR count). The maximum Gasteiger partial charge on any atom is 0.138 e. The molecule has 0 aliphatic carbocycles. The highest BCUT2D eigenvalue weighted by Gasteiger charge is 2.25. The number of fused-ring (bicyclic) bond motifs is 2. The fourth-order valence-electron chi connectivity index (χ4n) is 4.17. The Hall–Kier alpha value is -1.56. The molecule has 160 valence electrons. The molecule has 0 saturated carbocycles. The maximum absolute atomic E-state index is 12.8. The van der Waals surface area contributed by atoms with Crippen LogP contribution in [-0.2, 0) is 24.2 Å². The van der Waals surface area contributed by atoms with Crippen molar-refractivity contribution < 1.29 is 4.79 Å². The van der Waals surface area contributed by atoms with Crippen molar-refractivity contribution in [3.8, 4) is 10.6 Å². The summed E-state index contributed by atoms with van der Waals surface area (Å²) in [6, 6.07) is 4.46. The van der Waals surface area contributed by atoms with Crippen molar-refractivity contribution in [3.63, 3.8) is 0 Å². The lowest BCUT2D eigenvalue weighted by Gasteiger charge is -2.13. The first kappa shape index (κ1) is 21.7. The minimum Gasteiger partial charge on any atom is -0.312 e. The predicted octanol–water partition coefficient (Wildman–Crippen LogP) is 6.62. The van der Waals surface area contributed by atoms with Crippen LogP contribution in [0.4, 0.5) is 0 Å². The van der Waals surface area contributed by atoms with Crippen LogP contribution in [0.1, 0.15) is 66.0 Å². The van der Waals surface area contributed by atoms with Gasteiger partial charge in [0.05, 0.1) is 10.2 Å². The molecule has 1 unspecified atom stereocenters. The molecule has 1 N–H and O–H groups in total. The van der Waals surface area contributed by atoms with E-state index in [1.54, 1.807) is 11.3 Å². The normalized spacial score (nSPS) is 14.8. The van der Waals surface area contributed by atoms with Gasteiger partial charge in [-0.05, 0) is 68.0 Å². The molecule has 1 atom stereocenters. The topological polar surface area (TPSA) is 42.0 Å². The zero-order valence-electron chi connectivity index (χ0n) is 18.6. The van der Waals surface area contributed by atoms with E-state index in [0.717, 1.165) is 42.9 Å². The van der Waals surface area contributed by atoms with E-state index >= 15 is 0 Å². The Morgan fingerprint density at radius 3 is 2.83 bits per heavy atom. The number of thiazole rings is 1. The average Bonchev–Trinajstić information content (AvgIpc) is 3.28. The highest BCUT2D eigenvalue weighted by Crippen LogP contribution is 2.42. The molecule has 0 fully saturated rings. The SMILES string of the molecule is CCC(C)CCCC(=O)Cc1sc2c(c1-c1nc3cc(C)c(C)cc3s1)CCNC2. The van der Waals surface area contributed by atoms with E-state index in [1.807, 2.05) is 11.3 Å². The molecule has 1 aliphatic heterocycles. The van der Waals surface area contributed by atoms with E-state index < -0.39 is 0 Å². The second-order valence-corrected chi connectivity index (χ2v) is 11.0. The smallest absolute Gasteiger partial charge is 0.138 e. The summed E-state index contributed by atoms with van der Waals surface area (Å²) in [5.74, 6) is 1.09. The van der Waals surface area contributed by atoms with E-state index in [-0.39, 0.29) is 0 Å². The van der Waals surface area contributed by atoms with Gasteiger partial charge in [-0.3, -0.25) is 4.79 Å². The number of aryl methyl sites for hydroxylation is 2. The second kappa shape index (κ2) is 9.29. The van der Waals surface area contributed by atoms with Gasteiger partial charge >= 0.3 is 0 Å². The number of carbonyl (C=O) groups is 1. The van der Waals surface area contributed by atoms with Gasteiger partial charge in [0.25, 0.3) is 0 Å². The molecule has 3 heterocycles. The van der Waals surface area contributed by atoms with Gasteiger partial charge in [0, 0.05) is 34.7 Å². The van der Waals surface area contributed by atoms with Crippen LogP contribution < -0.4 is 5.32 Å². The van der Waals surface area contributed by atoms with Crippen molar-refractivity contribution in [1.29, 1.82) is 0 Å². The lowest BCUT2D eigenvalue weighted by molar-refractivity contribution is -0.118. The van der Waals surface area contributed by atoms with Gasteiger partial charge in [-0.25, -0.2) is 4.98 Å². The van der Waals surface area contributed by atoms with Crippen LogP contribution in [0, 0.1) is 19.8 Å². The van der Waals surface area contributed by atoms with Crippen LogP contribution in [0.15, 0.2) is 12.1 Å². The van der Waals surface area contributed by atoms with Crippen molar-refractivity contribution >= 4 is 38.7 Å². The van der Waals surface area contributed by atoms with Gasteiger partial charge in [-0.15, -0.1) is 22.7 Å². The maximum atomic E-state index is 12.8. The van der Waals surface area contributed by atoms with Crippen LogP contribution in [0.2, 0.25) is 0 Å². The van der Waals surface area contributed by atoms with Crippen LogP contribution >= 0.6 is 22.7 Å². The standard InChI is InChI=1S/C25H32N2OS2/c1-5-15(2)7-6-8-18(28)13-22-24(19-9-10-26-14-23(19)29-22)25-27-20-11-16(3)17(4)12-21(20)30-25/h11-12,15,26H,5-10,13-14H2,1-4H3. The minimum atomic E-state index is 0.374. The van der Waals surface area contributed by atoms with E-state index in [4.69, 9.17) is 4.98 Å². The van der Waals surface area contributed by atoms with Crippen LogP contribution in [-0.4, -0.2) is 17.3 Å². The summed E-state index contributed by atoms with van der Waals surface area (Å²) in [5.41, 5.74) is 6.37. The van der Waals surface area contributed by atoms with Crippen molar-refractivity contribution in [2.45, 2.75) is 72.8 Å². The molecule has 0 bridgehead atoms. The summed E-state index contributed by atoms with van der Waals surface area (Å²) < 4.78 is 1.24. The average molecular weight is 441 g/mol. The Balaban J connectivity index is 1.64. The van der Waals surface area contributed by atoms with E-state index in [0.29, 0.717) is 24.5 Å². The fraction of sp³-hybridized carbons (Fsp3) is 0.520. The first-order valence-corrected chi connectivity index (χ1v) is 12.8. The Kier molecular flexibility index (Phi) is 6.71. The monoisotopic (exact) mass is 440 g/mol. The number of carbonyl (C=O) groups excluding carboxylic acids is 1. The molecule has 0 saturated heterocycles. The Bertz CT molecular complexity index is 1020. The number of benzene rings is 1. The van der Waals surface area contributed by atoms with Gasteiger partial charge < -0.3 is 5.32 Å². The van der Waals surface area contributed by atoms with E-state index in [9.17, 15) is 4.79 Å². The number of hydrogen-bond donors (Lipinski definition) is 1. The molecular formula is C25H32N2OS2. The van der Waals surface area contributed by atoms with E-state index in [1.165, 1.54) is 43.1 Å². The Morgan fingerprint density at radius 2 is 2.03 bits per heavy atom. The molecule has 0 radical (unpaired) electrons. The Morgan fingerprint density at radius 1 is 1.23 bits per heavy atom. The molecule has 1 aliphatic rings. The van der Waals surface area contributed by atoms with Crippen molar-refractivity contribution in [2.75, 3.05) is 6.54 Å². The highest BCUT2D eigenvalue weighted by atomic mass is 32.1. The quantitative estimate of drug-likeness (QED) is 0.428. The Labute approximate surface area is 187 Å². The molecule has 2 aromatic heterocycles. The summed E-state index contributed by atoms with van der Waals surface area (Å²) in [4.78, 5) is 20.5. The van der Waals surface area contributed by atoms with Gasteiger partial charge in [0.1, 0.15) is 10.8 Å². The second-order valence-electron chi connectivity index (χ2n) is 8.77. The largest absolute Gasteiger partial charge is 0.312 e. The molecule has 1 aromatic carbocycles. The van der Waals surface area contributed by atoms with Crippen molar-refractivity contribution in [2.24, 2.45) is 5.92 Å². The highest BCUT2D eigenvalue weighted by molar-refractivity contribution is 7.22. The summed E-state index contributed by atoms with van der Waals surface area (Å²) in [5, 5.41) is 4.58. The van der Waals surface area contributed by atoms with Gasteiger partial charge in [0.15, 0.2) is 0 Å². The van der Waals surface area contributed by atoms with Crippen molar-refractivity contribution in [1.82, 2.24) is 10.3 Å². The number of nitrogens with zero attached hydrogens (tertiary/aromatic N) is 1. The number of thiophene rings is 1. The number of nitrogens with one attached hydrogen (secondary N) is 1. The summed E-state index contributed by atoms with van der Waals surface area (Å²) in [6.07, 6.45) is 5.63. The predicted molar refractivity (Wildman–Crippen MR) is 130 cm³/mol. The third-order valence-corrected chi connectivity index (χ3v) is 8.69. The van der Waals surface area contributed by atoms with Crippen LogP contribution in [0.3, 0.4) is 0 Å². The van der Waals surface area contributed by atoms with Crippen molar-refractivity contribution in [3.05, 3.63) is 38.6 Å². The molecule has 5 heteroatoms. The van der Waals surface area contributed by atoms with Gasteiger partial charge in [0.2, 0.25) is 0 Å². The fourth-order valence-corrected chi connectivity index (χ4v) is 6.73. The molecule has 0 spiro atoms. The van der Waals surface area contributed by atoms with Crippen LogP contribution in [0.5, 0.6) is 0 Å². The van der Waals surface area contributed by atoms with Gasteiger partial charge in [-0.2, -0.15) is 0 Å².